The van der Waals surface area contributed by atoms with Crippen LogP contribution in [0.4, 0.5) is 5.69 Å². The summed E-state index contributed by atoms with van der Waals surface area (Å²) in [5, 5.41) is 9.36. The number of hydrogen-bond donors (Lipinski definition) is 1. The van der Waals surface area contributed by atoms with Gasteiger partial charge in [-0.2, -0.15) is 5.10 Å². The number of hydrazine groups is 1. The van der Waals surface area contributed by atoms with E-state index >= 15 is 0 Å². The Morgan fingerprint density at radius 1 is 1.09 bits per heavy atom. The number of fused-ring (bicyclic) bond motifs is 1. The molecule has 3 atom stereocenters. The minimum atomic E-state index is -0.116. The zero-order chi connectivity index (χ0) is 24.2. The van der Waals surface area contributed by atoms with Gasteiger partial charge in [0.25, 0.3) is 5.91 Å². The van der Waals surface area contributed by atoms with Crippen molar-refractivity contribution in [1.82, 2.24) is 10.4 Å². The number of anilines is 1. The molecule has 2 fully saturated rings. The predicted octanol–water partition coefficient (Wildman–Crippen LogP) is 5.75. The number of hydrazone groups is 1. The molecule has 6 nitrogen and oxygen atoms in total. The molecule has 1 amide bonds. The number of benzene rings is 2. The van der Waals surface area contributed by atoms with E-state index in [1.54, 1.807) is 7.11 Å². The highest BCUT2D eigenvalue weighted by Gasteiger charge is 2.38. The molecule has 3 aliphatic rings. The molecule has 1 aliphatic carbocycles. The number of aryl methyl sites for hydroxylation is 1. The molecule has 0 aromatic heterocycles. The molecule has 0 radical (unpaired) electrons. The predicted molar refractivity (Wildman–Crippen MR) is 138 cm³/mol. The Bertz CT molecular complexity index is 1030. The molecule has 2 aliphatic heterocycles. The average Bonchev–Trinajstić information content (AvgIpc) is 3.56. The molecule has 1 N–H and O–H groups in total. The molecule has 2 aromatic carbocycles. The number of carbonyl (C=O) groups excluding carboxylic acids is 1. The van der Waals surface area contributed by atoms with Crippen LogP contribution in [0.25, 0.3) is 0 Å². The summed E-state index contributed by atoms with van der Waals surface area (Å²) in [6, 6.07) is 13.7. The second-order valence-corrected chi connectivity index (χ2v) is 9.54. The summed E-state index contributed by atoms with van der Waals surface area (Å²) in [6.07, 6.45) is 4.39. The van der Waals surface area contributed by atoms with Gasteiger partial charge in [-0.1, -0.05) is 50.1 Å². The molecule has 1 saturated carbocycles. The van der Waals surface area contributed by atoms with Crippen molar-refractivity contribution in [2.45, 2.75) is 52.5 Å². The van der Waals surface area contributed by atoms with Crippen LogP contribution in [0, 0.1) is 18.8 Å². The molecule has 0 spiro atoms. The monoisotopic (exact) mass is 482 g/mol. The number of hydrogen-bond acceptors (Lipinski definition) is 5. The smallest absolute Gasteiger partial charge is 0.281 e. The van der Waals surface area contributed by atoms with Gasteiger partial charge in [0.1, 0.15) is 11.5 Å². The van der Waals surface area contributed by atoms with Crippen molar-refractivity contribution in [2.24, 2.45) is 16.9 Å². The number of halogens is 1. The lowest BCUT2D eigenvalue weighted by molar-refractivity contribution is -0.119. The third-order valence-corrected chi connectivity index (χ3v) is 7.31. The van der Waals surface area contributed by atoms with Gasteiger partial charge in [0, 0.05) is 19.5 Å². The maximum atomic E-state index is 13.2. The molecule has 2 heterocycles. The van der Waals surface area contributed by atoms with Crippen molar-refractivity contribution in [3.05, 3.63) is 58.6 Å². The topological polar surface area (TPSA) is 57.2 Å². The quantitative estimate of drug-likeness (QED) is 0.589. The summed E-state index contributed by atoms with van der Waals surface area (Å²) < 4.78 is 5.31. The van der Waals surface area contributed by atoms with Gasteiger partial charge < -0.3 is 4.74 Å². The molecule has 34 heavy (non-hydrogen) atoms. The highest BCUT2D eigenvalue weighted by atomic mass is 35.5. The van der Waals surface area contributed by atoms with E-state index in [-0.39, 0.29) is 11.9 Å². The second kappa shape index (κ2) is 10.8. The largest absolute Gasteiger partial charge is 0.497 e. The van der Waals surface area contributed by atoms with E-state index in [1.165, 1.54) is 19.3 Å². The zero-order valence-corrected chi connectivity index (χ0v) is 21.3. The fourth-order valence-corrected chi connectivity index (χ4v) is 5.61. The van der Waals surface area contributed by atoms with Crippen LogP contribution < -0.4 is 15.2 Å². The Morgan fingerprint density at radius 3 is 2.38 bits per heavy atom. The summed E-state index contributed by atoms with van der Waals surface area (Å²) in [6.45, 7) is 7.90. The van der Waals surface area contributed by atoms with Gasteiger partial charge in [0.2, 0.25) is 0 Å². The number of carbonyl (C=O) groups is 1. The van der Waals surface area contributed by atoms with E-state index in [0.717, 1.165) is 47.5 Å². The standard InChI is InChI=1S/C25H29ClN4O2.C2H6/c1-16-6-11-23(21(26)12-16)30-24(17-7-9-20(32-2)10-8-17)13-22(27-30)25(31)28-29-14-18-4-3-5-19(18)15-29;1-2/h6-12,18-19,24H,3-5,13-15H2,1-2H3,(H,28,31);1-2H3. The number of nitrogens with zero attached hydrogens (tertiary/aromatic N) is 3. The van der Waals surface area contributed by atoms with Crippen molar-refractivity contribution < 1.29 is 9.53 Å². The maximum Gasteiger partial charge on any atom is 0.281 e. The minimum absolute atomic E-state index is 0.111. The van der Waals surface area contributed by atoms with Crippen molar-refractivity contribution in [3.63, 3.8) is 0 Å². The summed E-state index contributed by atoms with van der Waals surface area (Å²) in [7, 11) is 1.65. The fraction of sp³-hybridized carbons (Fsp3) is 0.481. The van der Waals surface area contributed by atoms with Crippen molar-refractivity contribution in [2.75, 3.05) is 25.2 Å². The van der Waals surface area contributed by atoms with Gasteiger partial charge >= 0.3 is 0 Å². The lowest BCUT2D eigenvalue weighted by Crippen LogP contribution is -2.44. The van der Waals surface area contributed by atoms with E-state index in [2.05, 4.69) is 10.4 Å². The van der Waals surface area contributed by atoms with Crippen molar-refractivity contribution >= 4 is 28.9 Å². The van der Waals surface area contributed by atoms with Crippen LogP contribution in [0.5, 0.6) is 5.75 Å². The van der Waals surface area contributed by atoms with Crippen molar-refractivity contribution in [3.8, 4) is 5.75 Å². The third-order valence-electron chi connectivity index (χ3n) is 7.01. The second-order valence-electron chi connectivity index (χ2n) is 9.14. The molecule has 3 unspecified atom stereocenters. The summed E-state index contributed by atoms with van der Waals surface area (Å²) in [5.74, 6) is 2.12. The summed E-state index contributed by atoms with van der Waals surface area (Å²) in [5.41, 5.74) is 6.59. The van der Waals surface area contributed by atoms with Gasteiger partial charge in [0.15, 0.2) is 0 Å². The molecule has 5 rings (SSSR count). The first kappa shape index (κ1) is 24.6. The highest BCUT2D eigenvalue weighted by molar-refractivity contribution is 6.40. The number of rotatable bonds is 5. The molecule has 7 heteroatoms. The Balaban J connectivity index is 0.00000133. The van der Waals surface area contributed by atoms with Crippen LogP contribution in [0.15, 0.2) is 47.6 Å². The Labute approximate surface area is 207 Å². The molecule has 1 saturated heterocycles. The van der Waals surface area contributed by atoms with Gasteiger partial charge in [-0.15, -0.1) is 0 Å². The van der Waals surface area contributed by atoms with Crippen LogP contribution >= 0.6 is 11.6 Å². The van der Waals surface area contributed by atoms with Gasteiger partial charge in [-0.3, -0.25) is 15.2 Å². The van der Waals surface area contributed by atoms with Crippen LogP contribution in [0.1, 0.15) is 56.7 Å². The number of amides is 1. The van der Waals surface area contributed by atoms with Crippen molar-refractivity contribution in [1.29, 1.82) is 0 Å². The number of ether oxygens (including phenoxy) is 1. The lowest BCUT2D eigenvalue weighted by atomic mass is 10.0. The first-order valence-corrected chi connectivity index (χ1v) is 12.7. The van der Waals surface area contributed by atoms with Crippen LogP contribution in [-0.2, 0) is 4.79 Å². The number of methoxy groups -OCH3 is 1. The first-order valence-electron chi connectivity index (χ1n) is 12.3. The van der Waals surface area contributed by atoms with Crippen LogP contribution in [0.3, 0.4) is 0 Å². The fourth-order valence-electron chi connectivity index (χ4n) is 5.29. The van der Waals surface area contributed by atoms with Crippen LogP contribution in [-0.4, -0.2) is 36.8 Å². The highest BCUT2D eigenvalue weighted by Crippen LogP contribution is 2.40. The molecule has 0 bridgehead atoms. The number of nitrogens with one attached hydrogen (secondary N) is 1. The Hall–Kier alpha value is -2.57. The van der Waals surface area contributed by atoms with Crippen LogP contribution in [0.2, 0.25) is 5.02 Å². The molecular formula is C27H35ClN4O2. The van der Waals surface area contributed by atoms with E-state index in [1.807, 2.05) is 68.2 Å². The maximum absolute atomic E-state index is 13.2. The normalized spacial score (nSPS) is 23.7. The summed E-state index contributed by atoms with van der Waals surface area (Å²) in [4.78, 5) is 13.2. The molecular weight excluding hydrogens is 448 g/mol. The minimum Gasteiger partial charge on any atom is -0.497 e. The summed E-state index contributed by atoms with van der Waals surface area (Å²) >= 11 is 6.59. The van der Waals surface area contributed by atoms with E-state index < -0.39 is 0 Å². The average molecular weight is 483 g/mol. The van der Waals surface area contributed by atoms with Gasteiger partial charge in [-0.25, -0.2) is 5.01 Å². The SMILES string of the molecule is CC.COc1ccc(C2CC(C(=O)NN3CC4CCCC4C3)=NN2c2ccc(C)cc2Cl)cc1. The Morgan fingerprint density at radius 2 is 1.76 bits per heavy atom. The lowest BCUT2D eigenvalue weighted by Gasteiger charge is -2.25. The zero-order valence-electron chi connectivity index (χ0n) is 20.6. The Kier molecular flexibility index (Phi) is 7.79. The van der Waals surface area contributed by atoms with E-state index in [0.29, 0.717) is 17.2 Å². The van der Waals surface area contributed by atoms with E-state index in [9.17, 15) is 4.79 Å². The molecule has 182 valence electrons. The first-order chi connectivity index (χ1) is 16.5. The van der Waals surface area contributed by atoms with Gasteiger partial charge in [0.05, 0.1) is 23.9 Å². The third kappa shape index (κ3) is 5.08. The van der Waals surface area contributed by atoms with E-state index in [4.69, 9.17) is 21.4 Å². The molecule has 2 aromatic rings. The van der Waals surface area contributed by atoms with Gasteiger partial charge in [-0.05, 0) is 67.0 Å².